The van der Waals surface area contributed by atoms with Crippen molar-refractivity contribution in [3.63, 3.8) is 0 Å². The molecule has 0 aliphatic heterocycles. The van der Waals surface area contributed by atoms with Crippen molar-refractivity contribution in [2.45, 2.75) is 33.1 Å². The second kappa shape index (κ2) is 3.73. The Kier molecular flexibility index (Phi) is 2.32. The highest BCUT2D eigenvalue weighted by atomic mass is 16.3. The van der Waals surface area contributed by atoms with Crippen LogP contribution in [0.3, 0.4) is 0 Å². The molecule has 0 bridgehead atoms. The lowest BCUT2D eigenvalue weighted by atomic mass is 9.88. The van der Waals surface area contributed by atoms with Crippen molar-refractivity contribution in [1.29, 1.82) is 0 Å². The number of benzene rings is 1. The average molecular weight is 228 g/mol. The Bertz CT molecular complexity index is 637. The molecule has 17 heavy (non-hydrogen) atoms. The van der Waals surface area contributed by atoms with Gasteiger partial charge in [0, 0.05) is 12.0 Å². The number of para-hydroxylation sites is 1. The molecule has 0 fully saturated rings. The highest BCUT2D eigenvalue weighted by Crippen LogP contribution is 2.27. The summed E-state index contributed by atoms with van der Waals surface area (Å²) in [7, 11) is 0. The molecule has 1 heterocycles. The van der Waals surface area contributed by atoms with Gasteiger partial charge in [-0.2, -0.15) is 0 Å². The summed E-state index contributed by atoms with van der Waals surface area (Å²) in [6, 6.07) is 5.78. The first-order valence-corrected chi connectivity index (χ1v) is 6.21. The van der Waals surface area contributed by atoms with E-state index in [9.17, 15) is 4.79 Å². The van der Waals surface area contributed by atoms with Crippen LogP contribution in [0, 0.1) is 12.8 Å². The fraction of sp³-hybridized carbons (Fsp3) is 0.400. The zero-order chi connectivity index (χ0) is 12.0. The molecule has 2 heteroatoms. The molecule has 1 aromatic carbocycles. The lowest BCUT2D eigenvalue weighted by Gasteiger charge is -2.20. The predicted octanol–water partition coefficient (Wildman–Crippen LogP) is 3.23. The molecule has 2 nitrogen and oxygen atoms in total. The van der Waals surface area contributed by atoms with Crippen molar-refractivity contribution < 1.29 is 4.42 Å². The Morgan fingerprint density at radius 2 is 2.18 bits per heavy atom. The summed E-state index contributed by atoms with van der Waals surface area (Å²) in [6.07, 6.45) is 2.88. The van der Waals surface area contributed by atoms with Crippen LogP contribution in [-0.4, -0.2) is 0 Å². The van der Waals surface area contributed by atoms with Crippen molar-refractivity contribution in [3.8, 4) is 0 Å². The van der Waals surface area contributed by atoms with Crippen molar-refractivity contribution in [2.24, 2.45) is 5.92 Å². The SMILES string of the molecule is Cc1cccc2c(=O)c3c(oc12)CCC(C)C3. The fourth-order valence-electron chi connectivity index (χ4n) is 2.68. The molecule has 0 saturated carbocycles. The lowest BCUT2D eigenvalue weighted by molar-refractivity contribution is 0.422. The van der Waals surface area contributed by atoms with E-state index in [1.165, 1.54) is 0 Å². The molecule has 1 aromatic heterocycles. The molecule has 3 rings (SSSR count). The third-order valence-electron chi connectivity index (χ3n) is 3.71. The Morgan fingerprint density at radius 3 is 3.00 bits per heavy atom. The van der Waals surface area contributed by atoms with E-state index in [1.54, 1.807) is 0 Å². The summed E-state index contributed by atoms with van der Waals surface area (Å²) in [5.74, 6) is 1.50. The molecule has 0 radical (unpaired) electrons. The molecule has 1 atom stereocenters. The number of hydrogen-bond acceptors (Lipinski definition) is 2. The van der Waals surface area contributed by atoms with E-state index in [-0.39, 0.29) is 5.43 Å². The van der Waals surface area contributed by atoms with Crippen molar-refractivity contribution >= 4 is 11.0 Å². The Hall–Kier alpha value is -1.57. The van der Waals surface area contributed by atoms with Crippen LogP contribution in [0.1, 0.15) is 30.2 Å². The van der Waals surface area contributed by atoms with E-state index >= 15 is 0 Å². The van der Waals surface area contributed by atoms with Crippen LogP contribution in [0.25, 0.3) is 11.0 Å². The zero-order valence-corrected chi connectivity index (χ0v) is 10.2. The number of rotatable bonds is 0. The molecule has 0 N–H and O–H groups in total. The molecular formula is C15H16O2. The second-order valence-electron chi connectivity index (χ2n) is 5.13. The van der Waals surface area contributed by atoms with Crippen LogP contribution in [0.15, 0.2) is 27.4 Å². The van der Waals surface area contributed by atoms with E-state index in [0.29, 0.717) is 5.92 Å². The van der Waals surface area contributed by atoms with Crippen LogP contribution >= 0.6 is 0 Å². The molecule has 1 aliphatic carbocycles. The van der Waals surface area contributed by atoms with Gasteiger partial charge in [-0.1, -0.05) is 19.1 Å². The minimum absolute atomic E-state index is 0.177. The van der Waals surface area contributed by atoms with Crippen molar-refractivity contribution in [1.82, 2.24) is 0 Å². The summed E-state index contributed by atoms with van der Waals surface area (Å²) in [4.78, 5) is 12.4. The molecule has 88 valence electrons. The van der Waals surface area contributed by atoms with Gasteiger partial charge in [-0.05, 0) is 37.3 Å². The molecule has 0 spiro atoms. The molecule has 0 amide bonds. The van der Waals surface area contributed by atoms with Crippen molar-refractivity contribution in [2.75, 3.05) is 0 Å². The van der Waals surface area contributed by atoms with E-state index in [4.69, 9.17) is 4.42 Å². The van der Waals surface area contributed by atoms with Gasteiger partial charge in [0.1, 0.15) is 11.3 Å². The van der Waals surface area contributed by atoms with Crippen LogP contribution in [0.5, 0.6) is 0 Å². The summed E-state index contributed by atoms with van der Waals surface area (Å²) in [5.41, 5.74) is 2.89. The normalized spacial score (nSPS) is 19.3. The van der Waals surface area contributed by atoms with Gasteiger partial charge in [0.05, 0.1) is 5.39 Å². The predicted molar refractivity (Wildman–Crippen MR) is 68.4 cm³/mol. The van der Waals surface area contributed by atoms with Gasteiger partial charge in [-0.25, -0.2) is 0 Å². The van der Waals surface area contributed by atoms with Gasteiger partial charge < -0.3 is 4.42 Å². The first-order valence-electron chi connectivity index (χ1n) is 6.21. The van der Waals surface area contributed by atoms with E-state index < -0.39 is 0 Å². The lowest BCUT2D eigenvalue weighted by Crippen LogP contribution is -2.21. The van der Waals surface area contributed by atoms with Gasteiger partial charge in [-0.15, -0.1) is 0 Å². The first-order chi connectivity index (χ1) is 8.16. The van der Waals surface area contributed by atoms with Gasteiger partial charge >= 0.3 is 0 Å². The van der Waals surface area contributed by atoms with E-state index in [2.05, 4.69) is 6.92 Å². The largest absolute Gasteiger partial charge is 0.460 e. The Labute approximate surface area is 100 Å². The topological polar surface area (TPSA) is 30.2 Å². The van der Waals surface area contributed by atoms with Crippen LogP contribution in [-0.2, 0) is 12.8 Å². The second-order valence-corrected chi connectivity index (χ2v) is 5.13. The first kappa shape index (κ1) is 10.6. The third kappa shape index (κ3) is 1.59. The number of aryl methyl sites for hydroxylation is 2. The smallest absolute Gasteiger partial charge is 0.196 e. The van der Waals surface area contributed by atoms with Gasteiger partial charge in [-0.3, -0.25) is 4.79 Å². The van der Waals surface area contributed by atoms with Crippen LogP contribution < -0.4 is 5.43 Å². The highest BCUT2D eigenvalue weighted by molar-refractivity contribution is 5.80. The zero-order valence-electron chi connectivity index (χ0n) is 10.2. The van der Waals surface area contributed by atoms with Crippen molar-refractivity contribution in [3.05, 3.63) is 45.3 Å². The maximum Gasteiger partial charge on any atom is 0.196 e. The number of hydrogen-bond donors (Lipinski definition) is 0. The maximum absolute atomic E-state index is 12.4. The highest BCUT2D eigenvalue weighted by Gasteiger charge is 2.21. The van der Waals surface area contributed by atoms with Gasteiger partial charge in [0.2, 0.25) is 0 Å². The summed E-state index contributed by atoms with van der Waals surface area (Å²) in [6.45, 7) is 4.19. The van der Waals surface area contributed by atoms with Gasteiger partial charge in [0.25, 0.3) is 0 Å². The summed E-state index contributed by atoms with van der Waals surface area (Å²) >= 11 is 0. The summed E-state index contributed by atoms with van der Waals surface area (Å²) in [5, 5.41) is 0.734. The third-order valence-corrected chi connectivity index (χ3v) is 3.71. The average Bonchev–Trinajstić information content (AvgIpc) is 2.32. The molecule has 1 aliphatic rings. The van der Waals surface area contributed by atoms with E-state index in [1.807, 2.05) is 25.1 Å². The minimum Gasteiger partial charge on any atom is -0.460 e. The molecule has 1 unspecified atom stereocenters. The Balaban J connectivity index is 2.37. The van der Waals surface area contributed by atoms with Crippen LogP contribution in [0.4, 0.5) is 0 Å². The standard InChI is InChI=1S/C15H16O2/c1-9-6-7-13-12(8-9)14(16)11-5-3-4-10(2)15(11)17-13/h3-5,9H,6-8H2,1-2H3. The monoisotopic (exact) mass is 228 g/mol. The summed E-state index contributed by atoms with van der Waals surface area (Å²) < 4.78 is 5.94. The molecule has 0 saturated heterocycles. The Morgan fingerprint density at radius 1 is 1.35 bits per heavy atom. The van der Waals surface area contributed by atoms with Crippen LogP contribution in [0.2, 0.25) is 0 Å². The van der Waals surface area contributed by atoms with Gasteiger partial charge in [0.15, 0.2) is 5.43 Å². The fourth-order valence-corrected chi connectivity index (χ4v) is 2.68. The maximum atomic E-state index is 12.4. The molecule has 2 aromatic rings. The number of fused-ring (bicyclic) bond motifs is 2. The van der Waals surface area contributed by atoms with E-state index in [0.717, 1.165) is 47.1 Å². The minimum atomic E-state index is 0.177. The quantitative estimate of drug-likeness (QED) is 0.693. The molecular weight excluding hydrogens is 212 g/mol.